The monoisotopic (exact) mass is 255 g/mol. The van der Waals surface area contributed by atoms with Crippen LogP contribution in [0.4, 0.5) is 0 Å². The van der Waals surface area contributed by atoms with Crippen molar-refractivity contribution in [2.24, 2.45) is 23.7 Å². The molecule has 0 heterocycles. The van der Waals surface area contributed by atoms with Gasteiger partial charge >= 0.3 is 5.97 Å². The standard InChI is InChI=1S/C12H17NO5/c14-5-8(15)4-13-11(16)9-6-1-2-7(3-6)10(9)12(17)18/h1-2,6-10,14-15H,3-5H2,(H,13,16)(H,17,18). The first-order valence-electron chi connectivity index (χ1n) is 6.02. The lowest BCUT2D eigenvalue weighted by atomic mass is 9.82. The van der Waals surface area contributed by atoms with Crippen LogP contribution in [-0.4, -0.2) is 46.5 Å². The lowest BCUT2D eigenvalue weighted by Gasteiger charge is -2.24. The fraction of sp³-hybridized carbons (Fsp3) is 0.667. The maximum atomic E-state index is 12.0. The fourth-order valence-electron chi connectivity index (χ4n) is 2.92. The third kappa shape index (κ3) is 2.26. The van der Waals surface area contributed by atoms with Gasteiger partial charge < -0.3 is 20.6 Å². The highest BCUT2D eigenvalue weighted by molar-refractivity contribution is 5.86. The molecule has 2 rings (SSSR count). The summed E-state index contributed by atoms with van der Waals surface area (Å²) in [5.41, 5.74) is 0. The normalized spacial score (nSPS) is 34.6. The zero-order chi connectivity index (χ0) is 13.3. The predicted molar refractivity (Wildman–Crippen MR) is 61.5 cm³/mol. The van der Waals surface area contributed by atoms with Gasteiger partial charge in [-0.1, -0.05) is 12.2 Å². The molecule has 0 saturated heterocycles. The summed E-state index contributed by atoms with van der Waals surface area (Å²) in [5.74, 6) is -2.63. The van der Waals surface area contributed by atoms with Gasteiger partial charge in [-0.15, -0.1) is 0 Å². The molecular formula is C12H17NO5. The first-order chi connectivity index (χ1) is 8.54. The van der Waals surface area contributed by atoms with E-state index in [1.54, 1.807) is 0 Å². The molecule has 0 aliphatic heterocycles. The highest BCUT2D eigenvalue weighted by Gasteiger charge is 2.51. The molecular weight excluding hydrogens is 238 g/mol. The van der Waals surface area contributed by atoms with Crippen molar-refractivity contribution in [3.63, 3.8) is 0 Å². The number of allylic oxidation sites excluding steroid dienone is 2. The van der Waals surface area contributed by atoms with Gasteiger partial charge in [0.1, 0.15) is 0 Å². The van der Waals surface area contributed by atoms with Crippen LogP contribution in [0.25, 0.3) is 0 Å². The van der Waals surface area contributed by atoms with Crippen LogP contribution in [0.5, 0.6) is 0 Å². The summed E-state index contributed by atoms with van der Waals surface area (Å²) >= 11 is 0. The smallest absolute Gasteiger partial charge is 0.307 e. The van der Waals surface area contributed by atoms with Gasteiger partial charge in [-0.2, -0.15) is 0 Å². The number of aliphatic hydroxyl groups excluding tert-OH is 2. The molecule has 0 aromatic carbocycles. The molecule has 0 spiro atoms. The highest BCUT2D eigenvalue weighted by Crippen LogP contribution is 2.48. The summed E-state index contributed by atoms with van der Waals surface area (Å²) in [6, 6.07) is 0. The first kappa shape index (κ1) is 13.0. The molecule has 2 aliphatic rings. The Balaban J connectivity index is 2.01. The SMILES string of the molecule is O=C(O)C1C2C=CC(C2)C1C(=O)NCC(O)CO. The zero-order valence-electron chi connectivity index (χ0n) is 9.82. The maximum Gasteiger partial charge on any atom is 0.307 e. The average molecular weight is 255 g/mol. The van der Waals surface area contributed by atoms with Gasteiger partial charge in [0, 0.05) is 6.54 Å². The van der Waals surface area contributed by atoms with E-state index in [4.69, 9.17) is 10.2 Å². The van der Waals surface area contributed by atoms with E-state index in [2.05, 4.69) is 5.32 Å². The average Bonchev–Trinajstić information content (AvgIpc) is 2.95. The molecule has 1 amide bonds. The number of aliphatic carboxylic acids is 1. The van der Waals surface area contributed by atoms with E-state index < -0.39 is 30.5 Å². The number of amides is 1. The summed E-state index contributed by atoms with van der Waals surface area (Å²) in [6.45, 7) is -0.488. The lowest BCUT2D eigenvalue weighted by molar-refractivity contribution is -0.147. The Morgan fingerprint density at radius 1 is 1.28 bits per heavy atom. The second-order valence-corrected chi connectivity index (χ2v) is 4.92. The van der Waals surface area contributed by atoms with Crippen molar-refractivity contribution < 1.29 is 24.9 Å². The number of rotatable bonds is 5. The minimum Gasteiger partial charge on any atom is -0.481 e. The van der Waals surface area contributed by atoms with Crippen molar-refractivity contribution in [2.45, 2.75) is 12.5 Å². The van der Waals surface area contributed by atoms with E-state index in [9.17, 15) is 14.7 Å². The number of nitrogens with one attached hydrogen (secondary N) is 1. The van der Waals surface area contributed by atoms with Crippen LogP contribution in [0.2, 0.25) is 0 Å². The number of carboxylic acids is 1. The molecule has 0 radical (unpaired) electrons. The van der Waals surface area contributed by atoms with Crippen LogP contribution in [-0.2, 0) is 9.59 Å². The molecule has 0 aromatic heterocycles. The quantitative estimate of drug-likeness (QED) is 0.470. The summed E-state index contributed by atoms with van der Waals surface area (Å²) in [4.78, 5) is 23.2. The number of carbonyl (C=O) groups is 2. The Bertz CT molecular complexity index is 381. The second-order valence-electron chi connectivity index (χ2n) is 4.92. The largest absolute Gasteiger partial charge is 0.481 e. The molecule has 6 heteroatoms. The Hall–Kier alpha value is -1.40. The van der Waals surface area contributed by atoms with Crippen molar-refractivity contribution in [1.82, 2.24) is 5.32 Å². The van der Waals surface area contributed by atoms with Gasteiger partial charge in [-0.25, -0.2) is 0 Å². The summed E-state index contributed by atoms with van der Waals surface area (Å²) in [7, 11) is 0. The van der Waals surface area contributed by atoms with E-state index >= 15 is 0 Å². The Morgan fingerprint density at radius 3 is 2.44 bits per heavy atom. The molecule has 5 unspecified atom stereocenters. The van der Waals surface area contributed by atoms with Crippen molar-refractivity contribution in [1.29, 1.82) is 0 Å². The molecule has 4 N–H and O–H groups in total. The zero-order valence-corrected chi connectivity index (χ0v) is 9.82. The number of carbonyl (C=O) groups excluding carboxylic acids is 1. The van der Waals surface area contributed by atoms with Crippen molar-refractivity contribution >= 4 is 11.9 Å². The minimum atomic E-state index is -1.01. The van der Waals surface area contributed by atoms with Crippen LogP contribution in [0, 0.1) is 23.7 Å². The molecule has 18 heavy (non-hydrogen) atoms. The second kappa shape index (κ2) is 5.07. The lowest BCUT2D eigenvalue weighted by Crippen LogP contribution is -2.43. The minimum absolute atomic E-state index is 0.0256. The number of hydrogen-bond donors (Lipinski definition) is 4. The molecule has 1 fully saturated rings. The Morgan fingerprint density at radius 2 is 1.89 bits per heavy atom. The summed E-state index contributed by atoms with van der Waals surface area (Å²) < 4.78 is 0. The molecule has 100 valence electrons. The van der Waals surface area contributed by atoms with Gasteiger partial charge in [-0.3, -0.25) is 9.59 Å². The van der Waals surface area contributed by atoms with E-state index in [-0.39, 0.29) is 24.3 Å². The molecule has 1 saturated carbocycles. The van der Waals surface area contributed by atoms with Crippen LogP contribution >= 0.6 is 0 Å². The molecule has 5 atom stereocenters. The van der Waals surface area contributed by atoms with Gasteiger partial charge in [0.25, 0.3) is 0 Å². The first-order valence-corrected chi connectivity index (χ1v) is 6.02. The van der Waals surface area contributed by atoms with Gasteiger partial charge in [-0.05, 0) is 18.3 Å². The number of carboxylic acid groups (broad SMARTS) is 1. The van der Waals surface area contributed by atoms with Crippen LogP contribution in [0.1, 0.15) is 6.42 Å². The van der Waals surface area contributed by atoms with E-state index in [1.807, 2.05) is 12.2 Å². The summed E-state index contributed by atoms with van der Waals surface area (Å²) in [6.07, 6.45) is 3.47. The number of hydrogen-bond acceptors (Lipinski definition) is 4. The van der Waals surface area contributed by atoms with Crippen LogP contribution < -0.4 is 5.32 Å². The molecule has 6 nitrogen and oxygen atoms in total. The van der Waals surface area contributed by atoms with Crippen LogP contribution in [0.15, 0.2) is 12.2 Å². The topological polar surface area (TPSA) is 107 Å². The van der Waals surface area contributed by atoms with Gasteiger partial charge in [0.15, 0.2) is 0 Å². The highest BCUT2D eigenvalue weighted by atomic mass is 16.4. The molecule has 0 aromatic rings. The van der Waals surface area contributed by atoms with Crippen LogP contribution in [0.3, 0.4) is 0 Å². The third-order valence-electron chi connectivity index (χ3n) is 3.77. The fourth-order valence-corrected chi connectivity index (χ4v) is 2.92. The van der Waals surface area contributed by atoms with E-state index in [1.165, 1.54) is 0 Å². The van der Waals surface area contributed by atoms with Crippen molar-refractivity contribution in [2.75, 3.05) is 13.2 Å². The predicted octanol–water partition coefficient (Wildman–Crippen LogP) is -1.02. The van der Waals surface area contributed by atoms with Gasteiger partial charge in [0.2, 0.25) is 5.91 Å². The van der Waals surface area contributed by atoms with Gasteiger partial charge in [0.05, 0.1) is 24.5 Å². The molecule has 2 aliphatic carbocycles. The van der Waals surface area contributed by atoms with E-state index in [0.29, 0.717) is 6.42 Å². The number of aliphatic hydroxyl groups is 2. The molecule has 2 bridgehead atoms. The van der Waals surface area contributed by atoms with E-state index in [0.717, 1.165) is 0 Å². The van der Waals surface area contributed by atoms with Crippen molar-refractivity contribution in [3.05, 3.63) is 12.2 Å². The third-order valence-corrected chi connectivity index (χ3v) is 3.77. The summed E-state index contributed by atoms with van der Waals surface area (Å²) in [5, 5.41) is 29.5. The maximum absolute atomic E-state index is 12.0. The van der Waals surface area contributed by atoms with Crippen molar-refractivity contribution in [3.8, 4) is 0 Å². The number of fused-ring (bicyclic) bond motifs is 2. The Kier molecular flexibility index (Phi) is 3.68. The Labute approximate surface area is 104 Å².